The summed E-state index contributed by atoms with van der Waals surface area (Å²) in [4.78, 5) is 12.5. The first-order chi connectivity index (χ1) is 15.6. The van der Waals surface area contributed by atoms with Gasteiger partial charge >= 0.3 is 5.97 Å². The molecule has 33 heavy (non-hydrogen) atoms. The Balaban J connectivity index is 2.13. The molecular formula is C28H46O4Si. The van der Waals surface area contributed by atoms with E-state index in [2.05, 4.69) is 65.8 Å². The predicted molar refractivity (Wildman–Crippen MR) is 139 cm³/mol. The highest BCUT2D eigenvalue weighted by Crippen LogP contribution is 2.43. The fourth-order valence-electron chi connectivity index (χ4n) is 5.42. The van der Waals surface area contributed by atoms with E-state index in [1.807, 2.05) is 25.1 Å². The molecule has 0 spiro atoms. The Morgan fingerprint density at radius 2 is 1.52 bits per heavy atom. The highest BCUT2D eigenvalue weighted by atomic mass is 28.4. The first-order valence-electron chi connectivity index (χ1n) is 12.8. The lowest BCUT2D eigenvalue weighted by Crippen LogP contribution is -2.50. The van der Waals surface area contributed by atoms with Crippen LogP contribution in [0.15, 0.2) is 42.5 Å². The zero-order valence-corrected chi connectivity index (χ0v) is 22.9. The molecule has 1 aliphatic heterocycles. The van der Waals surface area contributed by atoms with Crippen molar-refractivity contribution in [3.05, 3.63) is 48.0 Å². The van der Waals surface area contributed by atoms with Crippen molar-refractivity contribution in [3.8, 4) is 0 Å². The number of benzene rings is 1. The van der Waals surface area contributed by atoms with Gasteiger partial charge < -0.3 is 13.9 Å². The summed E-state index contributed by atoms with van der Waals surface area (Å²) in [5.74, 6) is -0.140. The summed E-state index contributed by atoms with van der Waals surface area (Å²) in [6, 6.07) is 10.2. The van der Waals surface area contributed by atoms with Gasteiger partial charge in [0.2, 0.25) is 8.32 Å². The summed E-state index contributed by atoms with van der Waals surface area (Å²) in [5, 5.41) is 0. The molecule has 0 saturated carbocycles. The van der Waals surface area contributed by atoms with Gasteiger partial charge in [0.25, 0.3) is 0 Å². The number of hydrogen-bond acceptors (Lipinski definition) is 4. The van der Waals surface area contributed by atoms with Gasteiger partial charge in [0.05, 0.1) is 18.8 Å². The molecule has 4 nitrogen and oxygen atoms in total. The fourth-order valence-corrected chi connectivity index (χ4v) is 11.0. The molecule has 186 valence electrons. The Morgan fingerprint density at radius 1 is 0.939 bits per heavy atom. The molecule has 0 aliphatic carbocycles. The van der Waals surface area contributed by atoms with Crippen LogP contribution in [0.5, 0.6) is 0 Å². The molecular weight excluding hydrogens is 428 g/mol. The maximum Gasteiger partial charge on any atom is 0.306 e. The quantitative estimate of drug-likeness (QED) is 0.221. The van der Waals surface area contributed by atoms with Crippen LogP contribution in [0.4, 0.5) is 0 Å². The van der Waals surface area contributed by atoms with Crippen LogP contribution in [0.2, 0.25) is 16.6 Å². The zero-order chi connectivity index (χ0) is 24.4. The van der Waals surface area contributed by atoms with Crippen molar-refractivity contribution in [2.75, 3.05) is 0 Å². The van der Waals surface area contributed by atoms with E-state index in [9.17, 15) is 4.79 Å². The lowest BCUT2D eigenvalue weighted by Gasteiger charge is -2.45. The van der Waals surface area contributed by atoms with E-state index < -0.39 is 8.32 Å². The van der Waals surface area contributed by atoms with E-state index >= 15 is 0 Å². The third kappa shape index (κ3) is 8.38. The summed E-state index contributed by atoms with van der Waals surface area (Å²) in [7, 11) is -2.01. The lowest BCUT2D eigenvalue weighted by atomic mass is 10.1. The molecule has 0 fully saturated rings. The van der Waals surface area contributed by atoms with E-state index in [1.54, 1.807) is 0 Å². The number of esters is 1. The van der Waals surface area contributed by atoms with Crippen LogP contribution in [0.3, 0.4) is 0 Å². The van der Waals surface area contributed by atoms with Crippen LogP contribution < -0.4 is 0 Å². The molecule has 0 N–H and O–H groups in total. The Kier molecular flexibility index (Phi) is 11.3. The van der Waals surface area contributed by atoms with Gasteiger partial charge in [-0.3, -0.25) is 4.79 Å². The van der Waals surface area contributed by atoms with Crippen molar-refractivity contribution < 1.29 is 18.7 Å². The summed E-state index contributed by atoms with van der Waals surface area (Å²) in [5.41, 5.74) is 2.72. The summed E-state index contributed by atoms with van der Waals surface area (Å²) < 4.78 is 19.0. The van der Waals surface area contributed by atoms with Crippen molar-refractivity contribution in [3.63, 3.8) is 0 Å². The Hall–Kier alpha value is -1.43. The molecule has 0 aromatic heterocycles. The molecule has 1 aliphatic rings. The minimum Gasteiger partial charge on any atom is -0.463 e. The second-order valence-corrected chi connectivity index (χ2v) is 15.9. The van der Waals surface area contributed by atoms with Gasteiger partial charge in [-0.05, 0) is 48.4 Å². The Morgan fingerprint density at radius 3 is 2.09 bits per heavy atom. The van der Waals surface area contributed by atoms with Crippen molar-refractivity contribution >= 4 is 14.3 Å². The first-order valence-corrected chi connectivity index (χ1v) is 15.0. The maximum atomic E-state index is 12.5. The first kappa shape index (κ1) is 27.8. The average molecular weight is 475 g/mol. The topological polar surface area (TPSA) is 44.8 Å². The second kappa shape index (κ2) is 13.5. The lowest BCUT2D eigenvalue weighted by molar-refractivity contribution is -0.150. The molecule has 5 heteroatoms. The highest BCUT2D eigenvalue weighted by Gasteiger charge is 2.46. The van der Waals surface area contributed by atoms with Crippen LogP contribution in [0, 0.1) is 0 Å². The molecule has 1 aromatic carbocycles. The van der Waals surface area contributed by atoms with Crippen LogP contribution in [-0.4, -0.2) is 32.6 Å². The largest absolute Gasteiger partial charge is 0.463 e. The highest BCUT2D eigenvalue weighted by molar-refractivity contribution is 6.77. The van der Waals surface area contributed by atoms with Crippen molar-refractivity contribution in [1.82, 2.24) is 0 Å². The second-order valence-electron chi connectivity index (χ2n) is 10.5. The number of hydrogen-bond donors (Lipinski definition) is 0. The van der Waals surface area contributed by atoms with Crippen molar-refractivity contribution in [2.45, 2.75) is 122 Å². The van der Waals surface area contributed by atoms with Gasteiger partial charge in [-0.15, -0.1) is 0 Å². The summed E-state index contributed by atoms with van der Waals surface area (Å²) >= 11 is 0. The SMILES string of the molecule is CC(C)[Si](OC1C/C=C\CC(OCc2ccccc2)CCC(=O)O[C@H](C)C1)(C(C)C)C(C)C. The zero-order valence-electron chi connectivity index (χ0n) is 21.9. The van der Waals surface area contributed by atoms with Crippen LogP contribution in [0.25, 0.3) is 0 Å². The van der Waals surface area contributed by atoms with Gasteiger partial charge in [0.15, 0.2) is 0 Å². The van der Waals surface area contributed by atoms with Gasteiger partial charge in [0, 0.05) is 12.8 Å². The average Bonchev–Trinajstić information content (AvgIpc) is 2.74. The number of carbonyl (C=O) groups is 1. The van der Waals surface area contributed by atoms with Gasteiger partial charge in [0.1, 0.15) is 6.10 Å². The third-order valence-electron chi connectivity index (χ3n) is 6.97. The summed E-state index contributed by atoms with van der Waals surface area (Å²) in [6.45, 7) is 16.4. The van der Waals surface area contributed by atoms with E-state index in [1.165, 1.54) is 0 Å². The summed E-state index contributed by atoms with van der Waals surface area (Å²) in [6.07, 6.45) is 7.80. The van der Waals surface area contributed by atoms with Crippen LogP contribution >= 0.6 is 0 Å². The molecule has 1 aromatic rings. The molecule has 0 radical (unpaired) electrons. The minimum atomic E-state index is -2.01. The van der Waals surface area contributed by atoms with Crippen LogP contribution in [-0.2, 0) is 25.3 Å². The monoisotopic (exact) mass is 474 g/mol. The fraction of sp³-hybridized carbons (Fsp3) is 0.679. The third-order valence-corrected chi connectivity index (χ3v) is 13.1. The predicted octanol–water partition coefficient (Wildman–Crippen LogP) is 7.58. The number of cyclic esters (lactones) is 1. The van der Waals surface area contributed by atoms with Crippen LogP contribution in [0.1, 0.15) is 86.1 Å². The van der Waals surface area contributed by atoms with E-state index in [0.29, 0.717) is 36.1 Å². The molecule has 0 saturated heterocycles. The van der Waals surface area contributed by atoms with Gasteiger partial charge in [-0.25, -0.2) is 0 Å². The number of carbonyl (C=O) groups excluding carboxylic acids is 1. The molecule has 1 heterocycles. The van der Waals surface area contributed by atoms with E-state index in [0.717, 1.165) is 24.8 Å². The Bertz CT molecular complexity index is 707. The normalized spacial score (nSPS) is 24.4. The standard InChI is InChI=1S/C28H46O4Si/c1-21(2)33(22(3)4,23(5)6)32-27-16-12-11-15-26(17-18-28(29)31-24(7)19-27)30-20-25-13-9-8-10-14-25/h8-14,21-24,26-27H,15-20H2,1-7H3/b12-11-/t24-,26?,27?/m1/s1. The van der Waals surface area contributed by atoms with Crippen molar-refractivity contribution in [2.24, 2.45) is 0 Å². The molecule has 2 unspecified atom stereocenters. The maximum absolute atomic E-state index is 12.5. The molecule has 3 atom stereocenters. The molecule has 0 amide bonds. The minimum absolute atomic E-state index is 0.00133. The van der Waals surface area contributed by atoms with E-state index in [-0.39, 0.29) is 24.3 Å². The molecule has 0 bridgehead atoms. The Labute approximate surface area is 203 Å². The number of rotatable bonds is 8. The smallest absolute Gasteiger partial charge is 0.306 e. The van der Waals surface area contributed by atoms with E-state index in [4.69, 9.17) is 13.9 Å². The molecule has 2 rings (SSSR count). The number of ether oxygens (including phenoxy) is 2. The van der Waals surface area contributed by atoms with Gasteiger partial charge in [-0.1, -0.05) is 84.0 Å². The van der Waals surface area contributed by atoms with Gasteiger partial charge in [-0.2, -0.15) is 0 Å². The van der Waals surface area contributed by atoms with Crippen molar-refractivity contribution in [1.29, 1.82) is 0 Å².